The number of hydrogen-bond donors (Lipinski definition) is 2. The molecule has 0 aromatic carbocycles. The minimum absolute atomic E-state index is 0.0921. The van der Waals surface area contributed by atoms with Crippen molar-refractivity contribution in [3.63, 3.8) is 0 Å². The number of thiophene rings is 1. The number of rotatable bonds is 4. The van der Waals surface area contributed by atoms with E-state index < -0.39 is 5.91 Å². The third-order valence-electron chi connectivity index (χ3n) is 6.09. The quantitative estimate of drug-likeness (QED) is 0.480. The summed E-state index contributed by atoms with van der Waals surface area (Å²) in [4.78, 5) is 45.5. The monoisotopic (exact) mass is 450 g/mol. The van der Waals surface area contributed by atoms with Crippen LogP contribution in [-0.4, -0.2) is 47.6 Å². The second kappa shape index (κ2) is 7.52. The van der Waals surface area contributed by atoms with E-state index in [-0.39, 0.29) is 11.6 Å². The van der Waals surface area contributed by atoms with E-state index in [0.717, 1.165) is 38.5 Å². The number of fused-ring (bicyclic) bond motifs is 4. The maximum absolute atomic E-state index is 13.0. The maximum atomic E-state index is 13.0. The molecule has 0 unspecified atom stereocenters. The largest absolute Gasteiger partial charge is 0.383 e. The van der Waals surface area contributed by atoms with Gasteiger partial charge in [0, 0.05) is 29.2 Å². The number of aryl methyl sites for hydroxylation is 2. The van der Waals surface area contributed by atoms with Crippen LogP contribution in [0.4, 0.5) is 5.82 Å². The van der Waals surface area contributed by atoms with Crippen molar-refractivity contribution in [3.05, 3.63) is 45.7 Å². The Labute approximate surface area is 187 Å². The van der Waals surface area contributed by atoms with Crippen molar-refractivity contribution in [2.45, 2.75) is 39.7 Å². The Morgan fingerprint density at radius 3 is 2.81 bits per heavy atom. The summed E-state index contributed by atoms with van der Waals surface area (Å²) in [7, 11) is 0. The van der Waals surface area contributed by atoms with Crippen molar-refractivity contribution in [1.29, 1.82) is 0 Å². The summed E-state index contributed by atoms with van der Waals surface area (Å²) in [5.41, 5.74) is 15.8. The predicted molar refractivity (Wildman–Crippen MR) is 120 cm³/mol. The molecule has 0 aliphatic carbocycles. The second-order valence-electron chi connectivity index (χ2n) is 7.92. The molecule has 11 heteroatoms. The summed E-state index contributed by atoms with van der Waals surface area (Å²) in [6.07, 6.45) is 4.69. The summed E-state index contributed by atoms with van der Waals surface area (Å²) >= 11 is 1.58. The van der Waals surface area contributed by atoms with Crippen LogP contribution in [0.3, 0.4) is 0 Å². The first-order valence-corrected chi connectivity index (χ1v) is 11.1. The highest BCUT2D eigenvalue weighted by molar-refractivity contribution is 7.19. The average Bonchev–Trinajstić information content (AvgIpc) is 3.34. The molecule has 4 N–H and O–H groups in total. The molecule has 0 radical (unpaired) electrons. The van der Waals surface area contributed by atoms with Gasteiger partial charge in [0.05, 0.1) is 11.9 Å². The number of amides is 2. The molecule has 4 aromatic rings. The number of aromatic nitrogens is 5. The van der Waals surface area contributed by atoms with Crippen molar-refractivity contribution in [2.75, 3.05) is 12.3 Å². The van der Waals surface area contributed by atoms with Gasteiger partial charge in [-0.15, -0.1) is 11.3 Å². The summed E-state index contributed by atoms with van der Waals surface area (Å²) in [6.45, 7) is 5.02. The Kier molecular flexibility index (Phi) is 4.77. The first-order valence-electron chi connectivity index (χ1n) is 10.3. The van der Waals surface area contributed by atoms with E-state index in [1.54, 1.807) is 22.1 Å². The van der Waals surface area contributed by atoms with Crippen LogP contribution in [0.5, 0.6) is 0 Å². The van der Waals surface area contributed by atoms with E-state index in [1.807, 2.05) is 18.7 Å². The highest BCUT2D eigenvalue weighted by Gasteiger charge is 2.26. The van der Waals surface area contributed by atoms with E-state index in [2.05, 4.69) is 19.9 Å². The Bertz CT molecular complexity index is 1410. The van der Waals surface area contributed by atoms with Crippen LogP contribution in [-0.2, 0) is 24.2 Å². The lowest BCUT2D eigenvalue weighted by atomic mass is 10.0. The number of hydrogen-bond acceptors (Lipinski definition) is 8. The zero-order chi connectivity index (χ0) is 22.6. The van der Waals surface area contributed by atoms with Crippen LogP contribution in [0.15, 0.2) is 12.7 Å². The average molecular weight is 451 g/mol. The molecule has 2 amide bonds. The Hall–Kier alpha value is -3.60. The molecule has 164 valence electrons. The van der Waals surface area contributed by atoms with Gasteiger partial charge in [-0.2, -0.15) is 0 Å². The van der Waals surface area contributed by atoms with Crippen LogP contribution in [0.1, 0.15) is 44.3 Å². The molecule has 0 fully saturated rings. The van der Waals surface area contributed by atoms with Gasteiger partial charge in [-0.1, -0.05) is 0 Å². The molecule has 5 rings (SSSR count). The van der Waals surface area contributed by atoms with Gasteiger partial charge in [0.1, 0.15) is 23.3 Å². The molecular formula is C21H22N8O2S. The first-order chi connectivity index (χ1) is 15.3. The fraction of sp³-hybridized carbons (Fsp3) is 0.333. The number of carbonyl (C=O) groups excluding carboxylic acids is 2. The molecule has 4 aromatic heterocycles. The molecule has 10 nitrogen and oxygen atoms in total. The van der Waals surface area contributed by atoms with Gasteiger partial charge in [0.2, 0.25) is 5.91 Å². The van der Waals surface area contributed by atoms with E-state index in [1.165, 1.54) is 11.9 Å². The second-order valence-corrected chi connectivity index (χ2v) is 9.00. The third kappa shape index (κ3) is 3.16. The fourth-order valence-corrected chi connectivity index (χ4v) is 5.63. The van der Waals surface area contributed by atoms with Gasteiger partial charge in [-0.3, -0.25) is 14.0 Å². The van der Waals surface area contributed by atoms with Crippen LogP contribution >= 0.6 is 11.3 Å². The molecular weight excluding hydrogens is 428 g/mol. The SMILES string of the molecule is Cc1nc2c(C(N)=O)ncn2c(C)c1CCC(=O)N1CCc2c(sc3ncnc(N)c23)C1. The smallest absolute Gasteiger partial charge is 0.271 e. The van der Waals surface area contributed by atoms with Crippen LogP contribution in [0.25, 0.3) is 15.9 Å². The molecule has 0 spiro atoms. The number of anilines is 1. The van der Waals surface area contributed by atoms with Crippen molar-refractivity contribution in [3.8, 4) is 0 Å². The Morgan fingerprint density at radius 1 is 1.22 bits per heavy atom. The lowest BCUT2D eigenvalue weighted by Gasteiger charge is -2.27. The Morgan fingerprint density at radius 2 is 2.03 bits per heavy atom. The topological polar surface area (TPSA) is 145 Å². The lowest BCUT2D eigenvalue weighted by Crippen LogP contribution is -2.35. The summed E-state index contributed by atoms with van der Waals surface area (Å²) in [5.74, 6) is -0.0187. The third-order valence-corrected chi connectivity index (χ3v) is 7.22. The number of imidazole rings is 1. The fourth-order valence-electron chi connectivity index (χ4n) is 4.42. The lowest BCUT2D eigenvalue weighted by molar-refractivity contribution is -0.132. The van der Waals surface area contributed by atoms with Crippen LogP contribution in [0.2, 0.25) is 0 Å². The number of nitrogen functional groups attached to an aromatic ring is 1. The number of primary amides is 1. The van der Waals surface area contributed by atoms with E-state index in [9.17, 15) is 9.59 Å². The number of nitrogens with zero attached hydrogens (tertiary/aromatic N) is 6. The summed E-state index contributed by atoms with van der Waals surface area (Å²) < 4.78 is 1.75. The highest BCUT2D eigenvalue weighted by atomic mass is 32.1. The molecule has 0 atom stereocenters. The summed E-state index contributed by atoms with van der Waals surface area (Å²) in [5, 5.41) is 0.931. The van der Waals surface area contributed by atoms with E-state index in [4.69, 9.17) is 11.5 Å². The molecule has 32 heavy (non-hydrogen) atoms. The molecule has 0 saturated heterocycles. The highest BCUT2D eigenvalue weighted by Crippen LogP contribution is 2.36. The minimum atomic E-state index is -0.611. The van der Waals surface area contributed by atoms with Gasteiger partial charge in [-0.25, -0.2) is 19.9 Å². The molecule has 5 heterocycles. The van der Waals surface area contributed by atoms with Crippen molar-refractivity contribution in [1.82, 2.24) is 29.2 Å². The van der Waals surface area contributed by atoms with Gasteiger partial charge < -0.3 is 16.4 Å². The molecule has 0 saturated carbocycles. The summed E-state index contributed by atoms with van der Waals surface area (Å²) in [6, 6.07) is 0. The van der Waals surface area contributed by atoms with E-state index >= 15 is 0 Å². The minimum Gasteiger partial charge on any atom is -0.383 e. The maximum Gasteiger partial charge on any atom is 0.271 e. The van der Waals surface area contributed by atoms with Crippen molar-refractivity contribution >= 4 is 44.8 Å². The first kappa shape index (κ1) is 20.3. The van der Waals surface area contributed by atoms with Gasteiger partial charge in [0.25, 0.3) is 5.91 Å². The van der Waals surface area contributed by atoms with Gasteiger partial charge >= 0.3 is 0 Å². The standard InChI is InChI=1S/C21H22N8O2S/c1-10-12(11(2)29-9-26-17(19(23)31)20(29)27-10)3-4-15(30)28-6-5-13-14(7-28)32-21-16(13)18(22)24-8-25-21/h8-9H,3-7H2,1-2H3,(H2,23,31)(H2,22,24,25). The normalized spacial score (nSPS) is 13.6. The van der Waals surface area contributed by atoms with E-state index in [0.29, 0.717) is 37.4 Å². The zero-order valence-electron chi connectivity index (χ0n) is 17.8. The van der Waals surface area contributed by atoms with Crippen LogP contribution in [0, 0.1) is 13.8 Å². The number of carbonyl (C=O) groups is 2. The number of nitrogens with two attached hydrogens (primary N) is 2. The molecule has 0 bridgehead atoms. The van der Waals surface area contributed by atoms with Gasteiger partial charge in [0.15, 0.2) is 11.3 Å². The Balaban J connectivity index is 1.34. The zero-order valence-corrected chi connectivity index (χ0v) is 18.6. The van der Waals surface area contributed by atoms with Crippen molar-refractivity contribution < 1.29 is 9.59 Å². The molecule has 1 aliphatic heterocycles. The molecule has 1 aliphatic rings. The predicted octanol–water partition coefficient (Wildman–Crippen LogP) is 1.55. The van der Waals surface area contributed by atoms with Crippen LogP contribution < -0.4 is 11.5 Å². The van der Waals surface area contributed by atoms with Crippen molar-refractivity contribution in [2.24, 2.45) is 5.73 Å². The van der Waals surface area contributed by atoms with Gasteiger partial charge in [-0.05, 0) is 37.8 Å².